The Labute approximate surface area is 319 Å². The Kier molecular flexibility index (Phi) is 11.7. The van der Waals surface area contributed by atoms with E-state index in [1.807, 2.05) is 88.4 Å². The topological polar surface area (TPSA) is 195 Å². The molecule has 0 radical (unpaired) electrons. The Hall–Kier alpha value is -5.96. The summed E-state index contributed by atoms with van der Waals surface area (Å²) in [5.41, 5.74) is 5.38. The summed E-state index contributed by atoms with van der Waals surface area (Å²) in [5.74, 6) is 0.230. The van der Waals surface area contributed by atoms with Crippen molar-refractivity contribution in [2.24, 2.45) is 11.8 Å². The number of carbonyl (C=O) groups is 4. The molecule has 6 rings (SSSR count). The summed E-state index contributed by atoms with van der Waals surface area (Å²) in [6.07, 6.45) is 5.51. The van der Waals surface area contributed by atoms with Crippen molar-refractivity contribution in [3.63, 3.8) is 0 Å². The lowest BCUT2D eigenvalue weighted by Crippen LogP contribution is -2.51. The normalized spacial score (nSPS) is 19.1. The number of rotatable bonds is 11. The Morgan fingerprint density at radius 1 is 0.727 bits per heavy atom. The van der Waals surface area contributed by atoms with E-state index in [4.69, 9.17) is 9.47 Å². The highest BCUT2D eigenvalue weighted by Gasteiger charge is 2.42. The quantitative estimate of drug-likeness (QED) is 0.132. The van der Waals surface area contributed by atoms with Gasteiger partial charge < -0.3 is 45.0 Å². The number of nitrogens with zero attached hydrogens (tertiary/aromatic N) is 4. The molecule has 1 saturated heterocycles. The number of hydrogen-bond acceptors (Lipinski definition) is 9. The number of benzene rings is 2. The van der Waals surface area contributed by atoms with E-state index in [9.17, 15) is 24.3 Å². The van der Waals surface area contributed by atoms with Gasteiger partial charge in [-0.15, -0.1) is 0 Å². The van der Waals surface area contributed by atoms with E-state index >= 15 is 0 Å². The summed E-state index contributed by atoms with van der Waals surface area (Å²) < 4.78 is 9.45. The standard InChI is InChI=1S/C40H48N8O7/c1-22(2)32(45-39(52)54-5)37(50)47-18-7-8-30(47)35-41-20-28(43-35)26-13-9-24(10-14-26)25-11-15-27(16-12-25)29-21-42-36(44-29)34-31(49)17-19-48(34)38(51)33(23(3)4)46-40(53)55-6/h7-16,20-23,30-34,49H,17-19H2,1-6H3,(H,41,43)(H,42,44)(H,45,52)(H,46,53)/t30-,31?,32-,33-,34-/m0/s1. The van der Waals surface area contributed by atoms with Crippen LogP contribution >= 0.6 is 0 Å². The largest absolute Gasteiger partial charge is 0.453 e. The van der Waals surface area contributed by atoms with Crippen LogP contribution < -0.4 is 10.6 Å². The minimum Gasteiger partial charge on any atom is -0.453 e. The predicted octanol–water partition coefficient (Wildman–Crippen LogP) is 4.97. The number of aromatic nitrogens is 4. The third-order valence-corrected chi connectivity index (χ3v) is 10.1. The molecule has 4 heterocycles. The Morgan fingerprint density at radius 2 is 1.18 bits per heavy atom. The van der Waals surface area contributed by atoms with E-state index in [-0.39, 0.29) is 23.7 Å². The molecule has 15 heteroatoms. The number of aromatic amines is 2. The summed E-state index contributed by atoms with van der Waals surface area (Å²) in [6.45, 7) is 8.15. The Balaban J connectivity index is 1.12. The van der Waals surface area contributed by atoms with E-state index in [1.165, 1.54) is 14.2 Å². The van der Waals surface area contributed by atoms with Gasteiger partial charge in [0.15, 0.2) is 0 Å². The number of methoxy groups -OCH3 is 2. The summed E-state index contributed by atoms with van der Waals surface area (Å²) in [6, 6.07) is 13.4. The molecule has 0 saturated carbocycles. The highest BCUT2D eigenvalue weighted by Crippen LogP contribution is 2.34. The van der Waals surface area contributed by atoms with Crippen molar-refractivity contribution in [2.45, 2.75) is 64.4 Å². The van der Waals surface area contributed by atoms with Crippen molar-refractivity contribution >= 4 is 24.0 Å². The van der Waals surface area contributed by atoms with Crippen LogP contribution in [-0.4, -0.2) is 104 Å². The first-order chi connectivity index (χ1) is 26.4. The van der Waals surface area contributed by atoms with Crippen LogP contribution in [0.2, 0.25) is 0 Å². The highest BCUT2D eigenvalue weighted by molar-refractivity contribution is 5.87. The van der Waals surface area contributed by atoms with E-state index in [1.54, 1.807) is 22.2 Å². The maximum absolute atomic E-state index is 13.6. The molecule has 2 aromatic heterocycles. The zero-order chi connectivity index (χ0) is 39.4. The summed E-state index contributed by atoms with van der Waals surface area (Å²) >= 11 is 0. The van der Waals surface area contributed by atoms with Crippen molar-refractivity contribution in [1.29, 1.82) is 0 Å². The molecule has 1 unspecified atom stereocenters. The number of aliphatic hydroxyl groups is 1. The van der Waals surface area contributed by atoms with Gasteiger partial charge in [-0.3, -0.25) is 9.59 Å². The first kappa shape index (κ1) is 38.8. The molecule has 2 aromatic carbocycles. The van der Waals surface area contributed by atoms with Crippen LogP contribution in [0.4, 0.5) is 9.59 Å². The van der Waals surface area contributed by atoms with Crippen molar-refractivity contribution in [1.82, 2.24) is 40.4 Å². The molecule has 4 amide bonds. The molecule has 0 spiro atoms. The first-order valence-corrected chi connectivity index (χ1v) is 18.4. The number of ether oxygens (including phenoxy) is 2. The van der Waals surface area contributed by atoms with Crippen molar-refractivity contribution in [2.75, 3.05) is 27.3 Å². The fourth-order valence-electron chi connectivity index (χ4n) is 7.05. The van der Waals surface area contributed by atoms with Crippen LogP contribution in [-0.2, 0) is 19.1 Å². The number of amides is 4. The number of nitrogens with one attached hydrogen (secondary N) is 4. The number of carbonyl (C=O) groups excluding carboxylic acids is 4. The van der Waals surface area contributed by atoms with Gasteiger partial charge in [-0.05, 0) is 40.5 Å². The van der Waals surface area contributed by atoms with E-state index in [0.717, 1.165) is 33.6 Å². The number of alkyl carbamates (subject to hydrolysis) is 2. The number of H-pyrrole nitrogens is 2. The summed E-state index contributed by atoms with van der Waals surface area (Å²) in [7, 11) is 2.52. The van der Waals surface area contributed by atoms with Gasteiger partial charge in [0.2, 0.25) is 11.8 Å². The van der Waals surface area contributed by atoms with Gasteiger partial charge >= 0.3 is 12.2 Å². The van der Waals surface area contributed by atoms with Gasteiger partial charge in [0.25, 0.3) is 0 Å². The molecule has 5 N–H and O–H groups in total. The fraction of sp³-hybridized carbons (Fsp3) is 0.400. The second-order valence-electron chi connectivity index (χ2n) is 14.4. The van der Waals surface area contributed by atoms with Crippen LogP contribution in [0.1, 0.15) is 57.8 Å². The lowest BCUT2D eigenvalue weighted by Gasteiger charge is -2.30. The maximum atomic E-state index is 13.6. The number of aliphatic hydroxyl groups excluding tert-OH is 1. The van der Waals surface area contributed by atoms with Crippen LogP contribution in [0.3, 0.4) is 0 Å². The van der Waals surface area contributed by atoms with Crippen molar-refractivity contribution in [3.8, 4) is 33.6 Å². The molecule has 15 nitrogen and oxygen atoms in total. The van der Waals surface area contributed by atoms with E-state index in [0.29, 0.717) is 31.2 Å². The summed E-state index contributed by atoms with van der Waals surface area (Å²) in [4.78, 5) is 70.0. The lowest BCUT2D eigenvalue weighted by molar-refractivity contribution is -0.136. The van der Waals surface area contributed by atoms with Gasteiger partial charge in [-0.1, -0.05) is 88.4 Å². The minimum atomic E-state index is -0.814. The average molecular weight is 753 g/mol. The Bertz CT molecular complexity index is 2020. The third kappa shape index (κ3) is 8.26. The van der Waals surface area contributed by atoms with E-state index in [2.05, 4.69) is 30.6 Å². The number of imidazole rings is 2. The summed E-state index contributed by atoms with van der Waals surface area (Å²) in [5, 5.41) is 16.2. The molecule has 1 fully saturated rings. The van der Waals surface area contributed by atoms with Crippen molar-refractivity contribution in [3.05, 3.63) is 84.7 Å². The smallest absolute Gasteiger partial charge is 0.407 e. The van der Waals surface area contributed by atoms with Crippen LogP contribution in [0.5, 0.6) is 0 Å². The van der Waals surface area contributed by atoms with Crippen LogP contribution in [0, 0.1) is 11.8 Å². The van der Waals surface area contributed by atoms with Gasteiger partial charge in [0.05, 0.1) is 44.1 Å². The SMILES string of the molecule is COC(=O)N[C@H](C(=O)N1CCC(O)[C@H]1c1ncc(-c2ccc(-c3ccc(-c4cnc([C@@H]5C=CCN5C(=O)[C@@H](NC(=O)OC)C(C)C)[nH]4)cc3)cc2)[nH]1)C(C)C. The molecule has 2 aliphatic rings. The predicted molar refractivity (Wildman–Crippen MR) is 204 cm³/mol. The molecular weight excluding hydrogens is 704 g/mol. The number of hydrogen-bond donors (Lipinski definition) is 5. The van der Waals surface area contributed by atoms with Gasteiger partial charge in [-0.25, -0.2) is 19.6 Å². The second-order valence-corrected chi connectivity index (χ2v) is 14.4. The minimum absolute atomic E-state index is 0.141. The first-order valence-electron chi connectivity index (χ1n) is 18.4. The molecule has 290 valence electrons. The third-order valence-electron chi connectivity index (χ3n) is 10.1. The highest BCUT2D eigenvalue weighted by atomic mass is 16.5. The molecule has 2 aliphatic heterocycles. The molecule has 55 heavy (non-hydrogen) atoms. The average Bonchev–Trinajstić information content (AvgIpc) is 4.02. The van der Waals surface area contributed by atoms with Crippen molar-refractivity contribution < 1.29 is 33.8 Å². The maximum Gasteiger partial charge on any atom is 0.407 e. The monoisotopic (exact) mass is 752 g/mol. The van der Waals surface area contributed by atoms with Gasteiger partial charge in [0.1, 0.15) is 35.8 Å². The fourth-order valence-corrected chi connectivity index (χ4v) is 7.05. The molecule has 0 aliphatic carbocycles. The zero-order valence-electron chi connectivity index (χ0n) is 31.8. The Morgan fingerprint density at radius 3 is 1.67 bits per heavy atom. The molecule has 4 aromatic rings. The second kappa shape index (κ2) is 16.6. The molecular formula is C40H48N8O7. The van der Waals surface area contributed by atoms with Crippen LogP contribution in [0.25, 0.3) is 33.6 Å². The zero-order valence-corrected chi connectivity index (χ0v) is 31.8. The van der Waals surface area contributed by atoms with Gasteiger partial charge in [-0.2, -0.15) is 0 Å². The number of likely N-dealkylation sites (tertiary alicyclic amines) is 1. The van der Waals surface area contributed by atoms with E-state index < -0.39 is 42.5 Å². The van der Waals surface area contributed by atoms with Crippen LogP contribution in [0.15, 0.2) is 73.1 Å². The molecule has 5 atom stereocenters. The van der Waals surface area contributed by atoms with Gasteiger partial charge in [0, 0.05) is 13.1 Å². The molecule has 0 bridgehead atoms. The lowest BCUT2D eigenvalue weighted by atomic mass is 10.0.